The lowest BCUT2D eigenvalue weighted by molar-refractivity contribution is 0.340. The Morgan fingerprint density at radius 3 is 2.59 bits per heavy atom. The van der Waals surface area contributed by atoms with Crippen LogP contribution in [0, 0.1) is 0 Å². The minimum absolute atomic E-state index is 0.0226. The first-order chi connectivity index (χ1) is 7.98. The summed E-state index contributed by atoms with van der Waals surface area (Å²) in [6.45, 7) is 7.70. The van der Waals surface area contributed by atoms with Crippen LogP contribution in [-0.2, 0) is 0 Å². The van der Waals surface area contributed by atoms with E-state index >= 15 is 0 Å². The summed E-state index contributed by atoms with van der Waals surface area (Å²) in [5.41, 5.74) is 0.976. The molecule has 0 saturated heterocycles. The van der Waals surface area contributed by atoms with Gasteiger partial charge in [-0.15, -0.1) is 0 Å². The minimum atomic E-state index is -0.0226. The van der Waals surface area contributed by atoms with Crippen LogP contribution in [0.2, 0.25) is 5.02 Å². The lowest BCUT2D eigenvalue weighted by Crippen LogP contribution is -2.40. The van der Waals surface area contributed by atoms with Crippen molar-refractivity contribution < 1.29 is 4.74 Å². The van der Waals surface area contributed by atoms with Gasteiger partial charge < -0.3 is 15.4 Å². The molecule has 0 radical (unpaired) electrons. The first-order valence-corrected chi connectivity index (χ1v) is 6.21. The maximum Gasteiger partial charge on any atom is 0.138 e. The van der Waals surface area contributed by atoms with Gasteiger partial charge in [-0.1, -0.05) is 11.6 Å². The third-order valence-electron chi connectivity index (χ3n) is 2.33. The highest BCUT2D eigenvalue weighted by atomic mass is 35.5. The third kappa shape index (κ3) is 4.44. The molecule has 0 bridgehead atoms. The van der Waals surface area contributed by atoms with Crippen molar-refractivity contribution in [2.24, 2.45) is 0 Å². The third-order valence-corrected chi connectivity index (χ3v) is 2.63. The molecule has 0 aliphatic carbocycles. The number of halogens is 1. The molecule has 3 nitrogen and oxygen atoms in total. The largest absolute Gasteiger partial charge is 0.492 e. The average Bonchev–Trinajstić information content (AvgIpc) is 2.21. The summed E-state index contributed by atoms with van der Waals surface area (Å²) in [5.74, 6) is 0.728. The molecule has 0 aliphatic rings. The first-order valence-electron chi connectivity index (χ1n) is 5.83. The van der Waals surface area contributed by atoms with E-state index in [9.17, 15) is 0 Å². The number of hydrogen-bond donors (Lipinski definition) is 2. The van der Waals surface area contributed by atoms with Gasteiger partial charge in [0.1, 0.15) is 5.75 Å². The molecule has 1 rings (SSSR count). The van der Waals surface area contributed by atoms with E-state index in [0.29, 0.717) is 11.6 Å². The minimum Gasteiger partial charge on any atom is -0.492 e. The molecule has 1 aromatic rings. The van der Waals surface area contributed by atoms with Crippen molar-refractivity contribution in [1.29, 1.82) is 0 Å². The van der Waals surface area contributed by atoms with Crippen molar-refractivity contribution in [1.82, 2.24) is 5.32 Å². The highest BCUT2D eigenvalue weighted by Crippen LogP contribution is 2.28. The molecule has 0 unspecified atom stereocenters. The summed E-state index contributed by atoms with van der Waals surface area (Å²) in [5, 5.41) is 7.22. The van der Waals surface area contributed by atoms with Crippen LogP contribution < -0.4 is 15.4 Å². The molecule has 2 N–H and O–H groups in total. The van der Waals surface area contributed by atoms with Crippen LogP contribution >= 0.6 is 11.6 Å². The molecule has 0 amide bonds. The zero-order valence-electron chi connectivity index (χ0n) is 10.9. The number of benzene rings is 1. The SMILES string of the molecule is CCOc1ccc(NC(C)(C)CNC)cc1Cl. The van der Waals surface area contributed by atoms with E-state index in [2.05, 4.69) is 24.5 Å². The molecule has 0 saturated carbocycles. The molecule has 1 aromatic carbocycles. The number of nitrogens with one attached hydrogen (secondary N) is 2. The van der Waals surface area contributed by atoms with Crippen LogP contribution in [0.25, 0.3) is 0 Å². The summed E-state index contributed by atoms with van der Waals surface area (Å²) in [6, 6.07) is 5.77. The van der Waals surface area contributed by atoms with Gasteiger partial charge in [0.05, 0.1) is 11.6 Å². The van der Waals surface area contributed by atoms with E-state index < -0.39 is 0 Å². The van der Waals surface area contributed by atoms with Crippen molar-refractivity contribution in [3.8, 4) is 5.75 Å². The van der Waals surface area contributed by atoms with Crippen LogP contribution in [0.3, 0.4) is 0 Å². The summed E-state index contributed by atoms with van der Waals surface area (Å²) in [4.78, 5) is 0. The first kappa shape index (κ1) is 14.1. The summed E-state index contributed by atoms with van der Waals surface area (Å²) in [7, 11) is 1.94. The molecule has 0 aliphatic heterocycles. The van der Waals surface area contributed by atoms with Gasteiger partial charge in [0.25, 0.3) is 0 Å². The second-order valence-electron chi connectivity index (χ2n) is 4.62. The maximum absolute atomic E-state index is 6.13. The van der Waals surface area contributed by atoms with Gasteiger partial charge in [-0.05, 0) is 46.0 Å². The van der Waals surface area contributed by atoms with E-state index in [0.717, 1.165) is 18.0 Å². The molecule has 96 valence electrons. The van der Waals surface area contributed by atoms with Gasteiger partial charge in [-0.25, -0.2) is 0 Å². The van der Waals surface area contributed by atoms with Gasteiger partial charge in [0.2, 0.25) is 0 Å². The Bertz CT molecular complexity index is 366. The van der Waals surface area contributed by atoms with E-state index in [1.807, 2.05) is 32.2 Å². The zero-order valence-corrected chi connectivity index (χ0v) is 11.7. The molecule has 0 fully saturated rings. The fourth-order valence-electron chi connectivity index (χ4n) is 1.73. The molecular weight excluding hydrogens is 236 g/mol. The Morgan fingerprint density at radius 2 is 2.06 bits per heavy atom. The normalized spacial score (nSPS) is 11.4. The molecular formula is C13H21ClN2O. The number of hydrogen-bond acceptors (Lipinski definition) is 3. The van der Waals surface area contributed by atoms with Gasteiger partial charge >= 0.3 is 0 Å². The fourth-order valence-corrected chi connectivity index (χ4v) is 1.96. The molecule has 17 heavy (non-hydrogen) atoms. The Hall–Kier alpha value is -0.930. The van der Waals surface area contributed by atoms with Crippen molar-refractivity contribution in [3.63, 3.8) is 0 Å². The van der Waals surface area contributed by atoms with Crippen LogP contribution in [0.15, 0.2) is 18.2 Å². The maximum atomic E-state index is 6.13. The predicted molar refractivity (Wildman–Crippen MR) is 74.2 cm³/mol. The Labute approximate surface area is 109 Å². The van der Waals surface area contributed by atoms with Crippen LogP contribution in [0.5, 0.6) is 5.75 Å². The molecule has 0 heterocycles. The quantitative estimate of drug-likeness (QED) is 0.820. The Balaban J connectivity index is 2.76. The number of rotatable bonds is 6. The summed E-state index contributed by atoms with van der Waals surface area (Å²) >= 11 is 6.13. The second-order valence-corrected chi connectivity index (χ2v) is 5.02. The average molecular weight is 257 g/mol. The van der Waals surface area contributed by atoms with Crippen LogP contribution in [0.1, 0.15) is 20.8 Å². The van der Waals surface area contributed by atoms with Crippen molar-refractivity contribution in [2.75, 3.05) is 25.5 Å². The topological polar surface area (TPSA) is 33.3 Å². The number of ether oxygens (including phenoxy) is 1. The van der Waals surface area contributed by atoms with Gasteiger partial charge in [0, 0.05) is 17.8 Å². The lowest BCUT2D eigenvalue weighted by Gasteiger charge is -2.27. The van der Waals surface area contributed by atoms with Gasteiger partial charge in [-0.2, -0.15) is 0 Å². The molecule has 0 atom stereocenters. The fraction of sp³-hybridized carbons (Fsp3) is 0.538. The van der Waals surface area contributed by atoms with Gasteiger partial charge in [-0.3, -0.25) is 0 Å². The van der Waals surface area contributed by atoms with Crippen molar-refractivity contribution >= 4 is 17.3 Å². The van der Waals surface area contributed by atoms with Gasteiger partial charge in [0.15, 0.2) is 0 Å². The second kappa shape index (κ2) is 6.12. The van der Waals surface area contributed by atoms with Crippen LogP contribution in [0.4, 0.5) is 5.69 Å². The zero-order chi connectivity index (χ0) is 12.9. The van der Waals surface area contributed by atoms with E-state index in [-0.39, 0.29) is 5.54 Å². The van der Waals surface area contributed by atoms with E-state index in [1.165, 1.54) is 0 Å². The lowest BCUT2D eigenvalue weighted by atomic mass is 10.1. The monoisotopic (exact) mass is 256 g/mol. The number of likely N-dealkylation sites (N-methyl/N-ethyl adjacent to an activating group) is 1. The Kier molecular flexibility index (Phi) is 5.09. The summed E-state index contributed by atoms with van der Waals surface area (Å²) < 4.78 is 5.40. The Morgan fingerprint density at radius 1 is 1.35 bits per heavy atom. The highest BCUT2D eigenvalue weighted by molar-refractivity contribution is 6.32. The van der Waals surface area contributed by atoms with E-state index in [4.69, 9.17) is 16.3 Å². The molecule has 4 heteroatoms. The number of anilines is 1. The standard InChI is InChI=1S/C13H21ClN2O/c1-5-17-12-7-6-10(8-11(12)14)16-13(2,3)9-15-4/h6-8,15-16H,5,9H2,1-4H3. The van der Waals surface area contributed by atoms with Crippen LogP contribution in [-0.4, -0.2) is 25.7 Å². The van der Waals surface area contributed by atoms with Crippen molar-refractivity contribution in [2.45, 2.75) is 26.3 Å². The summed E-state index contributed by atoms with van der Waals surface area (Å²) in [6.07, 6.45) is 0. The van der Waals surface area contributed by atoms with Crippen molar-refractivity contribution in [3.05, 3.63) is 23.2 Å². The highest BCUT2D eigenvalue weighted by Gasteiger charge is 2.16. The molecule has 0 aromatic heterocycles. The van der Waals surface area contributed by atoms with E-state index in [1.54, 1.807) is 0 Å². The molecule has 0 spiro atoms. The smallest absolute Gasteiger partial charge is 0.138 e. The predicted octanol–water partition coefficient (Wildman–Crippen LogP) is 3.15.